The number of halogens is 1. The Hall–Kier alpha value is -2.32. The Morgan fingerprint density at radius 2 is 1.47 bits per heavy atom. The van der Waals surface area contributed by atoms with Crippen LogP contribution in [0.25, 0.3) is 26.3 Å². The number of rotatable bonds is 2. The molecule has 0 fully saturated rings. The fourth-order valence-corrected chi connectivity index (χ4v) is 6.86. The van der Waals surface area contributed by atoms with E-state index in [0.29, 0.717) is 15.0 Å². The maximum Gasteiger partial charge on any atom is -0.112 e. The first-order valence-corrected chi connectivity index (χ1v) is 13.3. The molecule has 1 aliphatic rings. The van der Waals surface area contributed by atoms with Gasteiger partial charge >= 0.3 is 170 Å². The van der Waals surface area contributed by atoms with Gasteiger partial charge in [0.1, 0.15) is 0 Å². The van der Waals surface area contributed by atoms with Gasteiger partial charge in [0.15, 0.2) is 0 Å². The maximum atomic E-state index is 8.49. The van der Waals surface area contributed by atoms with Crippen LogP contribution in [0, 0.1) is 10.2 Å². The smallest absolute Gasteiger partial charge is 0.112 e. The fourth-order valence-electron chi connectivity index (χ4n) is 3.40. The molecular formula is C24H18ClNO4SSe. The van der Waals surface area contributed by atoms with Crippen LogP contribution in [0.2, 0.25) is 0 Å². The Kier molecular flexibility index (Phi) is 6.90. The summed E-state index contributed by atoms with van der Waals surface area (Å²) in [6, 6.07) is 28.2. The summed E-state index contributed by atoms with van der Waals surface area (Å²) >= 11 is 2.18. The summed E-state index contributed by atoms with van der Waals surface area (Å²) in [5.41, 5.74) is 5.29. The molecule has 0 radical (unpaired) electrons. The van der Waals surface area contributed by atoms with Crippen molar-refractivity contribution in [1.82, 2.24) is 0 Å². The Bertz CT molecular complexity index is 1310. The molecule has 0 atom stereocenters. The number of benzene rings is 3. The van der Waals surface area contributed by atoms with Crippen molar-refractivity contribution in [3.8, 4) is 0 Å². The number of thiazole rings is 1. The fraction of sp³-hybridized carbons (Fsp3) is 0.0417. The summed E-state index contributed by atoms with van der Waals surface area (Å²) in [6.07, 6.45) is 4.74. The number of para-hydroxylation sites is 1. The van der Waals surface area contributed by atoms with E-state index in [-0.39, 0.29) is 0 Å². The summed E-state index contributed by atoms with van der Waals surface area (Å²) in [5, 5.41) is 1.28. The molecule has 162 valence electrons. The predicted molar refractivity (Wildman–Crippen MR) is 117 cm³/mol. The van der Waals surface area contributed by atoms with E-state index in [1.54, 1.807) is 0 Å². The van der Waals surface area contributed by atoms with E-state index in [1.165, 1.54) is 40.9 Å². The topological polar surface area (TPSA) is 96.1 Å². The summed E-state index contributed by atoms with van der Waals surface area (Å²) in [5.74, 6) is 0. The van der Waals surface area contributed by atoms with E-state index >= 15 is 0 Å². The zero-order chi connectivity index (χ0) is 22.7. The summed E-state index contributed by atoms with van der Waals surface area (Å²) in [6.45, 7) is 0. The second-order valence-electron chi connectivity index (χ2n) is 6.92. The Morgan fingerprint density at radius 1 is 0.844 bits per heavy atom. The minimum atomic E-state index is -4.94. The van der Waals surface area contributed by atoms with E-state index in [2.05, 4.69) is 103 Å². The van der Waals surface area contributed by atoms with Gasteiger partial charge in [-0.3, -0.25) is 0 Å². The summed E-state index contributed by atoms with van der Waals surface area (Å²) < 4.78 is 40.5. The van der Waals surface area contributed by atoms with Gasteiger partial charge in [0.2, 0.25) is 0 Å². The standard InChI is InChI=1S/C24H18NSSe.ClHO4/c1-25-20-12-6-7-13-21(20)26-24(25)16-18-15-23(17-9-3-2-4-10-17)27-22-14-8-5-11-19(18)22;2-1(3,4)5/h2-16H,1H3;(H,2,3,4,5)/q+1;/p-1/b18-16+;. The van der Waals surface area contributed by atoms with Crippen molar-refractivity contribution in [2.45, 2.75) is 0 Å². The van der Waals surface area contributed by atoms with Crippen molar-refractivity contribution in [3.05, 3.63) is 101 Å². The van der Waals surface area contributed by atoms with Crippen LogP contribution in [0.1, 0.15) is 16.1 Å². The van der Waals surface area contributed by atoms with Gasteiger partial charge in [0.25, 0.3) is 0 Å². The molecule has 0 amide bonds. The van der Waals surface area contributed by atoms with Crippen LogP contribution in [0.4, 0.5) is 0 Å². The average molecular weight is 531 g/mol. The molecule has 0 N–H and O–H groups in total. The molecule has 0 spiro atoms. The third-order valence-corrected chi connectivity index (χ3v) is 8.39. The minimum absolute atomic E-state index is 0.331. The van der Waals surface area contributed by atoms with E-state index in [4.69, 9.17) is 18.6 Å². The molecule has 0 saturated carbocycles. The van der Waals surface area contributed by atoms with Crippen molar-refractivity contribution in [3.63, 3.8) is 0 Å². The Morgan fingerprint density at radius 3 is 2.19 bits per heavy atom. The Balaban J connectivity index is 0.000000444. The van der Waals surface area contributed by atoms with Gasteiger partial charge in [-0.05, 0) is 0 Å². The molecule has 0 aliphatic carbocycles. The quantitative estimate of drug-likeness (QED) is 0.267. The van der Waals surface area contributed by atoms with Crippen LogP contribution < -0.4 is 27.7 Å². The third kappa shape index (κ3) is 5.53. The number of fused-ring (bicyclic) bond motifs is 2. The van der Waals surface area contributed by atoms with Crippen molar-refractivity contribution in [1.29, 1.82) is 0 Å². The first-order valence-electron chi connectivity index (χ1n) is 9.55. The molecule has 32 heavy (non-hydrogen) atoms. The van der Waals surface area contributed by atoms with Gasteiger partial charge in [-0.15, -0.1) is 10.2 Å². The second-order valence-corrected chi connectivity index (χ2v) is 11.0. The van der Waals surface area contributed by atoms with Gasteiger partial charge < -0.3 is 0 Å². The zero-order valence-electron chi connectivity index (χ0n) is 16.9. The van der Waals surface area contributed by atoms with Crippen molar-refractivity contribution >= 4 is 57.1 Å². The van der Waals surface area contributed by atoms with E-state index in [1.807, 2.05) is 11.3 Å². The van der Waals surface area contributed by atoms with Gasteiger partial charge in [-0.25, -0.2) is 18.6 Å². The largest absolute Gasteiger partial charge is 0.222 e. The molecule has 1 aliphatic heterocycles. The third-order valence-electron chi connectivity index (χ3n) is 4.81. The first-order chi connectivity index (χ1) is 15.3. The monoisotopic (exact) mass is 531 g/mol. The molecule has 0 bridgehead atoms. The number of nitrogens with zero attached hydrogens (tertiary/aromatic N) is 1. The minimum Gasteiger partial charge on any atom is -0.222 e. The molecule has 0 unspecified atom stereocenters. The molecule has 5 rings (SSSR count). The van der Waals surface area contributed by atoms with Crippen LogP contribution in [0.5, 0.6) is 0 Å². The molecule has 3 aromatic carbocycles. The number of aromatic nitrogens is 1. The number of hydrogen-bond acceptors (Lipinski definition) is 5. The predicted octanol–water partition coefficient (Wildman–Crippen LogP) is -0.105. The molecule has 4 aromatic rings. The summed E-state index contributed by atoms with van der Waals surface area (Å²) in [7, 11) is -2.79. The average Bonchev–Trinajstić information content (AvgIpc) is 3.09. The van der Waals surface area contributed by atoms with Crippen molar-refractivity contribution in [2.75, 3.05) is 0 Å². The van der Waals surface area contributed by atoms with Gasteiger partial charge in [-0.2, -0.15) is 0 Å². The van der Waals surface area contributed by atoms with Crippen molar-refractivity contribution in [2.24, 2.45) is 7.05 Å². The SMILES string of the molecule is C[n+]1c(/C=C2\C=C(c3ccccc3)[Se]c3ccccc32)sc2ccccc21.[O-][Cl+3]([O-])([O-])[O-]. The van der Waals surface area contributed by atoms with E-state index < -0.39 is 10.2 Å². The summed E-state index contributed by atoms with van der Waals surface area (Å²) in [4.78, 5) is 0. The molecule has 2 heterocycles. The second kappa shape index (κ2) is 9.67. The first kappa shape index (κ1) is 22.9. The van der Waals surface area contributed by atoms with E-state index in [9.17, 15) is 0 Å². The number of hydrogen-bond donors (Lipinski definition) is 0. The zero-order valence-corrected chi connectivity index (χ0v) is 20.2. The van der Waals surface area contributed by atoms with Crippen molar-refractivity contribution < 1.29 is 33.4 Å². The van der Waals surface area contributed by atoms with E-state index in [0.717, 1.165) is 0 Å². The normalized spacial score (nSPS) is 14.5. The molecule has 8 heteroatoms. The molecule has 1 aromatic heterocycles. The van der Waals surface area contributed by atoms with Crippen LogP contribution in [-0.4, -0.2) is 15.0 Å². The molecular weight excluding hydrogens is 513 g/mol. The van der Waals surface area contributed by atoms with Crippen LogP contribution in [0.3, 0.4) is 0 Å². The van der Waals surface area contributed by atoms with Gasteiger partial charge in [-0.1, -0.05) is 0 Å². The van der Waals surface area contributed by atoms with Gasteiger partial charge in [0, 0.05) is 0 Å². The van der Waals surface area contributed by atoms with Crippen LogP contribution in [-0.2, 0) is 7.05 Å². The van der Waals surface area contributed by atoms with Crippen LogP contribution in [0.15, 0.2) is 84.9 Å². The van der Waals surface area contributed by atoms with Crippen LogP contribution >= 0.6 is 11.3 Å². The number of allylic oxidation sites excluding steroid dienone is 2. The van der Waals surface area contributed by atoms with Gasteiger partial charge in [0.05, 0.1) is 0 Å². The molecule has 0 saturated heterocycles. The number of aryl methyl sites for hydroxylation is 1. The molecule has 5 nitrogen and oxygen atoms in total. The Labute approximate surface area is 198 Å². The maximum absolute atomic E-state index is 8.49.